The third kappa shape index (κ3) is 2.46. The summed E-state index contributed by atoms with van der Waals surface area (Å²) in [4.78, 5) is 5.09. The fourth-order valence-electron chi connectivity index (χ4n) is 5.38. The normalized spacial score (nSPS) is 21.9. The Balaban J connectivity index is 1.23. The van der Waals surface area contributed by atoms with E-state index in [1.54, 1.807) is 0 Å². The first-order valence-electron chi connectivity index (χ1n) is 10.2. The van der Waals surface area contributed by atoms with Gasteiger partial charge >= 0.3 is 0 Å². The molecule has 28 heavy (non-hydrogen) atoms. The predicted octanol–water partition coefficient (Wildman–Crippen LogP) is 5.61. The van der Waals surface area contributed by atoms with Crippen molar-refractivity contribution in [3.05, 3.63) is 77.4 Å². The zero-order valence-electron chi connectivity index (χ0n) is 15.7. The van der Waals surface area contributed by atoms with Gasteiger partial charge in [0.2, 0.25) is 0 Å². The third-order valence-electron chi connectivity index (χ3n) is 6.74. The summed E-state index contributed by atoms with van der Waals surface area (Å²) in [5.41, 5.74) is 5.33. The highest BCUT2D eigenvalue weighted by atomic mass is 35.5. The van der Waals surface area contributed by atoms with E-state index in [0.717, 1.165) is 24.5 Å². The van der Waals surface area contributed by atoms with Crippen LogP contribution in [-0.2, 0) is 6.42 Å². The lowest BCUT2D eigenvalue weighted by Gasteiger charge is -2.40. The Morgan fingerprint density at radius 1 is 0.929 bits per heavy atom. The number of fused-ring (bicyclic) bond motifs is 1. The number of hydrogen-bond donors (Lipinski definition) is 1. The highest BCUT2D eigenvalue weighted by Crippen LogP contribution is 2.45. The molecule has 1 N–H and O–H groups in total. The highest BCUT2D eigenvalue weighted by Gasteiger charge is 2.35. The second kappa shape index (κ2) is 6.40. The van der Waals surface area contributed by atoms with Crippen molar-refractivity contribution in [1.82, 2.24) is 4.90 Å². The van der Waals surface area contributed by atoms with Crippen LogP contribution in [0.5, 0.6) is 0 Å². The second-order valence-corrected chi connectivity index (χ2v) is 8.57. The maximum atomic E-state index is 6.69. The molecule has 1 aliphatic carbocycles. The Labute approximate surface area is 170 Å². The molecule has 0 saturated carbocycles. The molecule has 6 rings (SSSR count). The van der Waals surface area contributed by atoms with E-state index in [-0.39, 0.29) is 0 Å². The molecular formula is C24H23ClN3. The van der Waals surface area contributed by atoms with Crippen LogP contribution >= 0.6 is 11.6 Å². The predicted molar refractivity (Wildman–Crippen MR) is 117 cm³/mol. The van der Waals surface area contributed by atoms with Crippen molar-refractivity contribution in [2.45, 2.75) is 31.3 Å². The van der Waals surface area contributed by atoms with Crippen molar-refractivity contribution >= 4 is 33.7 Å². The summed E-state index contributed by atoms with van der Waals surface area (Å²) < 4.78 is 0. The smallest absolute Gasteiger partial charge is 0.139 e. The molecule has 1 atom stereocenters. The molecule has 3 aromatic rings. The lowest BCUT2D eigenvalue weighted by Crippen LogP contribution is -2.44. The van der Waals surface area contributed by atoms with Crippen molar-refractivity contribution in [2.75, 3.05) is 23.3 Å². The van der Waals surface area contributed by atoms with Crippen LogP contribution < -0.4 is 10.2 Å². The van der Waals surface area contributed by atoms with Gasteiger partial charge in [-0.05, 0) is 59.4 Å². The molecule has 0 amide bonds. The van der Waals surface area contributed by atoms with E-state index in [1.807, 2.05) is 0 Å². The van der Waals surface area contributed by atoms with Crippen molar-refractivity contribution in [3.8, 4) is 0 Å². The minimum absolute atomic E-state index is 0.419. The number of halogens is 1. The average Bonchev–Trinajstić information content (AvgIpc) is 3.34. The SMILES string of the molecule is Clc1ccc2cccc3c2c1C(N1CCC(N2[CH]Nc4ccccc42)CC1)C3. The summed E-state index contributed by atoms with van der Waals surface area (Å²) in [6.45, 7) is 4.37. The summed E-state index contributed by atoms with van der Waals surface area (Å²) in [6.07, 6.45) is 3.43. The molecule has 1 saturated heterocycles. The number of rotatable bonds is 2. The Morgan fingerprint density at radius 2 is 1.79 bits per heavy atom. The van der Waals surface area contributed by atoms with Crippen LogP contribution in [0.3, 0.4) is 0 Å². The first kappa shape index (κ1) is 16.7. The first-order valence-corrected chi connectivity index (χ1v) is 10.6. The monoisotopic (exact) mass is 388 g/mol. The minimum atomic E-state index is 0.419. The van der Waals surface area contributed by atoms with Gasteiger partial charge in [0, 0.05) is 30.2 Å². The van der Waals surface area contributed by atoms with Crippen LogP contribution in [0, 0.1) is 6.67 Å². The van der Waals surface area contributed by atoms with Gasteiger partial charge in [0.1, 0.15) is 6.67 Å². The van der Waals surface area contributed by atoms with E-state index in [4.69, 9.17) is 11.6 Å². The first-order chi connectivity index (χ1) is 13.8. The van der Waals surface area contributed by atoms with Gasteiger partial charge in [0.05, 0.1) is 11.4 Å². The summed E-state index contributed by atoms with van der Waals surface area (Å²) in [7, 11) is 0. The molecule has 3 aliphatic rings. The Hall–Kier alpha value is -2.23. The molecule has 0 bridgehead atoms. The Morgan fingerprint density at radius 3 is 2.68 bits per heavy atom. The lowest BCUT2D eigenvalue weighted by molar-refractivity contribution is 0.155. The topological polar surface area (TPSA) is 18.5 Å². The largest absolute Gasteiger partial charge is 0.360 e. The van der Waals surface area contributed by atoms with E-state index in [1.165, 1.54) is 46.1 Å². The number of nitrogens with one attached hydrogen (secondary N) is 1. The molecule has 3 nitrogen and oxygen atoms in total. The Bertz CT molecular complexity index is 1050. The van der Waals surface area contributed by atoms with Crippen LogP contribution in [0.4, 0.5) is 11.4 Å². The summed E-state index contributed by atoms with van der Waals surface area (Å²) in [5.74, 6) is 0. The fourth-order valence-corrected chi connectivity index (χ4v) is 5.67. The average molecular weight is 389 g/mol. The van der Waals surface area contributed by atoms with Gasteiger partial charge in [-0.15, -0.1) is 0 Å². The number of benzene rings is 3. The minimum Gasteiger partial charge on any atom is -0.360 e. The molecule has 1 unspecified atom stereocenters. The molecule has 2 aliphatic heterocycles. The number of likely N-dealkylation sites (tertiary alicyclic amines) is 1. The zero-order chi connectivity index (χ0) is 18.7. The maximum Gasteiger partial charge on any atom is 0.139 e. The quantitative estimate of drug-likeness (QED) is 0.615. The van der Waals surface area contributed by atoms with Crippen LogP contribution in [0.25, 0.3) is 10.8 Å². The zero-order valence-corrected chi connectivity index (χ0v) is 16.5. The van der Waals surface area contributed by atoms with Gasteiger partial charge in [-0.25, -0.2) is 0 Å². The standard InChI is InChI=1S/C24H23ClN3/c25-19-9-8-16-4-3-5-17-14-22(24(19)23(16)17)27-12-10-18(11-13-27)28-15-26-20-6-1-2-7-21(20)28/h1-9,15,18,22,26H,10-14H2. The Kier molecular flexibility index (Phi) is 3.82. The highest BCUT2D eigenvalue weighted by molar-refractivity contribution is 6.32. The van der Waals surface area contributed by atoms with E-state index in [9.17, 15) is 0 Å². The number of nitrogens with zero attached hydrogens (tertiary/aromatic N) is 2. The van der Waals surface area contributed by atoms with Gasteiger partial charge < -0.3 is 10.2 Å². The van der Waals surface area contributed by atoms with Gasteiger partial charge in [-0.2, -0.15) is 0 Å². The fraction of sp³-hybridized carbons (Fsp3) is 0.292. The van der Waals surface area contributed by atoms with Crippen LogP contribution in [0.2, 0.25) is 5.02 Å². The molecule has 1 fully saturated rings. The van der Waals surface area contributed by atoms with Gasteiger partial charge in [-0.3, -0.25) is 4.90 Å². The molecule has 0 aromatic heterocycles. The van der Waals surface area contributed by atoms with E-state index in [0.29, 0.717) is 12.1 Å². The summed E-state index contributed by atoms with van der Waals surface area (Å²) >= 11 is 6.69. The maximum absolute atomic E-state index is 6.69. The van der Waals surface area contributed by atoms with Crippen LogP contribution in [0.1, 0.15) is 30.0 Å². The second-order valence-electron chi connectivity index (χ2n) is 8.16. The molecule has 141 valence electrons. The van der Waals surface area contributed by atoms with Crippen LogP contribution in [0.15, 0.2) is 54.6 Å². The van der Waals surface area contributed by atoms with Crippen molar-refractivity contribution in [1.29, 1.82) is 0 Å². The number of hydrogen-bond acceptors (Lipinski definition) is 3. The number of para-hydroxylation sites is 2. The van der Waals surface area contributed by atoms with Gasteiger partial charge in [0.15, 0.2) is 0 Å². The van der Waals surface area contributed by atoms with Crippen molar-refractivity contribution < 1.29 is 0 Å². The summed E-state index contributed by atoms with van der Waals surface area (Å²) in [6, 6.07) is 20.5. The van der Waals surface area contributed by atoms with Crippen molar-refractivity contribution in [3.63, 3.8) is 0 Å². The number of piperidine rings is 1. The van der Waals surface area contributed by atoms with Crippen LogP contribution in [-0.4, -0.2) is 24.0 Å². The van der Waals surface area contributed by atoms with E-state index < -0.39 is 0 Å². The molecule has 1 radical (unpaired) electrons. The lowest BCUT2D eigenvalue weighted by atomic mass is 9.98. The summed E-state index contributed by atoms with van der Waals surface area (Å²) in [5, 5.41) is 7.06. The number of anilines is 2. The van der Waals surface area contributed by atoms with Crippen molar-refractivity contribution in [2.24, 2.45) is 0 Å². The van der Waals surface area contributed by atoms with E-state index >= 15 is 0 Å². The van der Waals surface area contributed by atoms with Gasteiger partial charge in [-0.1, -0.05) is 48.0 Å². The van der Waals surface area contributed by atoms with E-state index in [2.05, 4.69) is 76.4 Å². The molecule has 2 heterocycles. The van der Waals surface area contributed by atoms with Gasteiger partial charge in [0.25, 0.3) is 0 Å². The molecule has 0 spiro atoms. The molecule has 3 aromatic carbocycles. The molecule has 4 heteroatoms. The third-order valence-corrected chi connectivity index (χ3v) is 7.07. The molecular weight excluding hydrogens is 366 g/mol.